The summed E-state index contributed by atoms with van der Waals surface area (Å²) >= 11 is 0. The maximum atomic E-state index is 6.47. The molecule has 29 rings (SSSR count). The maximum Gasteiger partial charge on any atom is 0.164 e. The van der Waals surface area contributed by atoms with Gasteiger partial charge in [-0.25, -0.2) is 44.9 Å². The number of rotatable bonds is 12. The normalized spacial score (nSPS) is 13.2. The van der Waals surface area contributed by atoms with Gasteiger partial charge >= 0.3 is 0 Å². The van der Waals surface area contributed by atoms with Crippen LogP contribution >= 0.6 is 0 Å². The first-order valence-corrected chi connectivity index (χ1v) is 49.7. The summed E-state index contributed by atoms with van der Waals surface area (Å²) < 4.78 is 19.4. The highest BCUT2D eigenvalue weighted by molar-refractivity contribution is 6.15. The van der Waals surface area contributed by atoms with Crippen LogP contribution < -0.4 is 0 Å². The van der Waals surface area contributed by atoms with Gasteiger partial charge in [-0.3, -0.25) is 0 Å². The van der Waals surface area contributed by atoms with Gasteiger partial charge in [0.05, 0.1) is 0 Å². The molecule has 0 saturated heterocycles. The van der Waals surface area contributed by atoms with Crippen LogP contribution in [0.3, 0.4) is 0 Å². The van der Waals surface area contributed by atoms with Crippen molar-refractivity contribution in [1.29, 1.82) is 0 Å². The van der Waals surface area contributed by atoms with Crippen molar-refractivity contribution in [1.82, 2.24) is 44.9 Å². The summed E-state index contributed by atoms with van der Waals surface area (Å²) in [4.78, 5) is 45.0. The van der Waals surface area contributed by atoms with Crippen LogP contribution in [0.5, 0.6) is 0 Å². The fourth-order valence-corrected chi connectivity index (χ4v) is 22.9. The molecule has 0 amide bonds. The minimum Gasteiger partial charge on any atom is -0.456 e. The number of aromatic nitrogens is 9. The minimum atomic E-state index is -0.144. The molecule has 690 valence electrons. The quantitative estimate of drug-likeness (QED) is 0.114. The molecule has 0 fully saturated rings. The molecule has 0 aliphatic heterocycles. The number of hydrogen-bond donors (Lipinski definition) is 0. The molecule has 3 aliphatic rings. The fourth-order valence-electron chi connectivity index (χ4n) is 22.9. The monoisotopic (exact) mass is 1870 g/mol. The number of hydrogen-bond acceptors (Lipinski definition) is 12. The maximum absolute atomic E-state index is 6.47. The van der Waals surface area contributed by atoms with Crippen LogP contribution in [0, 0.1) is 0 Å². The van der Waals surface area contributed by atoms with Crippen molar-refractivity contribution >= 4 is 87.4 Å². The van der Waals surface area contributed by atoms with E-state index in [-0.39, 0.29) is 16.2 Å². The smallest absolute Gasteiger partial charge is 0.164 e. The van der Waals surface area contributed by atoms with Crippen LogP contribution in [0.2, 0.25) is 0 Å². The van der Waals surface area contributed by atoms with Crippen molar-refractivity contribution in [3.63, 3.8) is 0 Å². The van der Waals surface area contributed by atoms with Gasteiger partial charge in [0.25, 0.3) is 0 Å². The van der Waals surface area contributed by atoms with Crippen molar-refractivity contribution in [2.75, 3.05) is 0 Å². The molecule has 0 spiro atoms. The van der Waals surface area contributed by atoms with Crippen molar-refractivity contribution in [3.05, 3.63) is 476 Å². The summed E-state index contributed by atoms with van der Waals surface area (Å²) in [6.45, 7) is 14.0. The van der Waals surface area contributed by atoms with Crippen LogP contribution in [-0.4, -0.2) is 44.9 Å². The highest BCUT2D eigenvalue weighted by Crippen LogP contribution is 2.58. The van der Waals surface area contributed by atoms with Crippen molar-refractivity contribution < 1.29 is 13.3 Å². The number of benzene rings is 20. The Kier molecular flexibility index (Phi) is 20.4. The second-order valence-electron chi connectivity index (χ2n) is 39.7. The Hall–Kier alpha value is -18.7. The average molecular weight is 1880 g/mol. The number of furan rings is 3. The lowest BCUT2D eigenvalue weighted by Crippen LogP contribution is -2.15. The van der Waals surface area contributed by atoms with E-state index in [1.807, 2.05) is 121 Å². The molecule has 6 aromatic heterocycles. The summed E-state index contributed by atoms with van der Waals surface area (Å²) in [7, 11) is 0. The molecule has 3 aliphatic carbocycles. The van der Waals surface area contributed by atoms with Crippen LogP contribution in [0.4, 0.5) is 0 Å². The molecular weight excluding hydrogens is 1780 g/mol. The summed E-state index contributed by atoms with van der Waals surface area (Å²) in [5.41, 5.74) is 36.0. The lowest BCUT2D eigenvalue weighted by molar-refractivity contribution is 0.657. The summed E-state index contributed by atoms with van der Waals surface area (Å²) in [6.07, 6.45) is 0. The van der Waals surface area contributed by atoms with E-state index in [0.29, 0.717) is 52.4 Å². The summed E-state index contributed by atoms with van der Waals surface area (Å²) in [6, 6.07) is 154. The van der Waals surface area contributed by atoms with Crippen molar-refractivity contribution in [2.45, 2.75) is 57.8 Å². The first-order valence-electron chi connectivity index (χ1n) is 49.7. The first-order chi connectivity index (χ1) is 71.6. The van der Waals surface area contributed by atoms with Gasteiger partial charge < -0.3 is 13.3 Å². The second kappa shape index (κ2) is 34.4. The SMILES string of the molecule is CC1(C)c2ccccc2-c2ccc3oc4ccc(-c5cccc(-c6nc(-c7ccccc7)nc(-c7ccc8ccccc8c7)n6)c5)cc4c3c21.CC1(C)c2ccccc2-c2ccc3oc4ccc(-c5cccc(-c6nc(-c7ccccc7)nc(-c7cccc8ccccc78)n6)c5)cc4c3c21.CC1(C)c2ccccc2-c2ccc3oc4ccc(-c5cccc(-c6nc(-c7ccccc7)nc(-c7ccccc7)n6)c5)cc4c3c21. The van der Waals surface area contributed by atoms with E-state index in [0.717, 1.165) is 149 Å². The zero-order valence-corrected chi connectivity index (χ0v) is 80.9. The van der Waals surface area contributed by atoms with E-state index in [4.69, 9.17) is 58.1 Å². The van der Waals surface area contributed by atoms with Gasteiger partial charge in [-0.05, 0) is 201 Å². The zero-order chi connectivity index (χ0) is 97.6. The van der Waals surface area contributed by atoms with E-state index in [1.165, 1.54) is 88.3 Å². The molecule has 12 nitrogen and oxygen atoms in total. The minimum absolute atomic E-state index is 0.135. The van der Waals surface area contributed by atoms with E-state index in [2.05, 4.69) is 363 Å². The van der Waals surface area contributed by atoms with Crippen LogP contribution in [0.15, 0.2) is 456 Å². The Morgan fingerprint density at radius 2 is 0.397 bits per heavy atom. The molecule has 12 heteroatoms. The Morgan fingerprint density at radius 1 is 0.151 bits per heavy atom. The third-order valence-corrected chi connectivity index (χ3v) is 29.9. The van der Waals surface area contributed by atoms with Gasteiger partial charge in [0.15, 0.2) is 52.4 Å². The third-order valence-electron chi connectivity index (χ3n) is 29.9. The highest BCUT2D eigenvalue weighted by atomic mass is 16.3. The molecule has 146 heavy (non-hydrogen) atoms. The third kappa shape index (κ3) is 14.7. The van der Waals surface area contributed by atoms with Gasteiger partial charge in [0.2, 0.25) is 0 Å². The van der Waals surface area contributed by atoms with E-state index in [1.54, 1.807) is 0 Å². The number of fused-ring (bicyclic) bond motifs is 23. The topological polar surface area (TPSA) is 155 Å². The highest BCUT2D eigenvalue weighted by Gasteiger charge is 2.42. The van der Waals surface area contributed by atoms with Crippen LogP contribution in [-0.2, 0) is 16.2 Å². The van der Waals surface area contributed by atoms with Gasteiger partial charge in [-0.2, -0.15) is 0 Å². The molecule has 0 radical (unpaired) electrons. The van der Waals surface area contributed by atoms with Gasteiger partial charge in [0, 0.05) is 98.6 Å². The molecule has 26 aromatic rings. The largest absolute Gasteiger partial charge is 0.456 e. The average Bonchev–Trinajstić information content (AvgIpc) is 1.55. The Labute approximate surface area is 842 Å². The van der Waals surface area contributed by atoms with E-state index in [9.17, 15) is 0 Å². The Balaban J connectivity index is 0.000000109. The van der Waals surface area contributed by atoms with Crippen LogP contribution in [0.1, 0.15) is 74.9 Å². The Morgan fingerprint density at radius 3 is 0.760 bits per heavy atom. The predicted molar refractivity (Wildman–Crippen MR) is 594 cm³/mol. The van der Waals surface area contributed by atoms with Crippen molar-refractivity contribution in [3.8, 4) is 169 Å². The van der Waals surface area contributed by atoms with Crippen LogP contribution in [0.25, 0.3) is 257 Å². The molecule has 0 saturated carbocycles. The Bertz CT molecular complexity index is 9740. The molecule has 0 atom stereocenters. The zero-order valence-electron chi connectivity index (χ0n) is 80.9. The second-order valence-corrected chi connectivity index (χ2v) is 39.7. The van der Waals surface area contributed by atoms with Gasteiger partial charge in [-0.15, -0.1) is 0 Å². The standard InChI is InChI=1S/2C46H31N3O.C42H29N3O/c1-46(2)38-21-9-8-19-34(38)35-23-25-40-41(42(35)46)37-27-31(22-24-39(37)50-40)30-16-10-17-32(26-30)44-47-43(29-13-4-3-5-14-29)48-45(49-44)36-20-11-15-28-12-6-7-18-33(28)36;1-46(2)38-18-9-8-17-35(38)36-22-24-40-41(42(36)46)37-27-32(21-23-39(37)50-40)31-15-10-16-33(26-31)44-47-43(29-12-4-3-5-13-29)48-45(49-44)34-20-19-28-11-6-7-14-30(28)25-34;1-42(2)34-19-10-9-18-31(34)32-21-23-36-37(38(32)42)33-25-29(20-22-35(33)46-36)28-16-11-17-30(24-28)41-44-39(26-12-5-3-6-13-26)43-40(45-41)27-14-7-4-8-15-27/h2*3-27H,1-2H3;3-25H,1-2H3. The molecular formula is C134H91N9O3. The predicted octanol–water partition coefficient (Wildman–Crippen LogP) is 34.5. The number of nitrogens with zero attached hydrogens (tertiary/aromatic N) is 9. The summed E-state index contributed by atoms with van der Waals surface area (Å²) in [5, 5.41) is 11.6. The fraction of sp³-hybridized carbons (Fsp3) is 0.0672. The van der Waals surface area contributed by atoms with Gasteiger partial charge in [-0.1, -0.05) is 406 Å². The lowest BCUT2D eigenvalue weighted by atomic mass is 9.80. The molecule has 6 heterocycles. The molecule has 0 unspecified atom stereocenters. The molecule has 0 bridgehead atoms. The van der Waals surface area contributed by atoms with Gasteiger partial charge in [0.1, 0.15) is 33.5 Å². The molecule has 20 aromatic carbocycles. The molecule has 0 N–H and O–H groups in total. The van der Waals surface area contributed by atoms with Crippen molar-refractivity contribution in [2.24, 2.45) is 0 Å². The summed E-state index contributed by atoms with van der Waals surface area (Å²) in [5.74, 6) is 5.81. The lowest BCUT2D eigenvalue weighted by Gasteiger charge is -2.22. The van der Waals surface area contributed by atoms with E-state index < -0.39 is 0 Å². The first kappa shape index (κ1) is 86.5. The van der Waals surface area contributed by atoms with E-state index >= 15 is 0 Å².